The van der Waals surface area contributed by atoms with Crippen molar-refractivity contribution in [2.75, 3.05) is 7.11 Å². The second-order valence-corrected chi connectivity index (χ2v) is 6.10. The zero-order chi connectivity index (χ0) is 15.0. The van der Waals surface area contributed by atoms with Crippen molar-refractivity contribution in [1.82, 2.24) is 0 Å². The van der Waals surface area contributed by atoms with E-state index in [0.717, 1.165) is 35.3 Å². The number of aliphatic hydroxyl groups excluding tert-OH is 1. The molecule has 1 saturated carbocycles. The Morgan fingerprint density at radius 2 is 1.71 bits per heavy atom. The second-order valence-electron chi connectivity index (χ2n) is 6.10. The maximum absolute atomic E-state index is 11.0. The molecule has 0 bridgehead atoms. The highest BCUT2D eigenvalue weighted by atomic mass is 16.5. The molecule has 0 aliphatic heterocycles. The summed E-state index contributed by atoms with van der Waals surface area (Å²) in [4.78, 5) is 0. The Hall–Kier alpha value is -1.80. The monoisotopic (exact) mass is 282 g/mol. The number of aryl methyl sites for hydroxylation is 2. The van der Waals surface area contributed by atoms with Gasteiger partial charge in [-0.05, 0) is 61.1 Å². The third-order valence-corrected chi connectivity index (χ3v) is 4.74. The number of rotatable bonds is 4. The Balaban J connectivity index is 2.00. The molecule has 1 atom stereocenters. The van der Waals surface area contributed by atoms with E-state index in [1.54, 1.807) is 7.11 Å². The summed E-state index contributed by atoms with van der Waals surface area (Å²) in [7, 11) is 1.68. The van der Waals surface area contributed by atoms with E-state index in [9.17, 15) is 5.11 Å². The SMILES string of the molecule is COc1cc(C)c(C(O)C2(c3ccccc3)CC2)cc1C. The van der Waals surface area contributed by atoms with Crippen LogP contribution in [0.15, 0.2) is 42.5 Å². The first-order chi connectivity index (χ1) is 10.1. The lowest BCUT2D eigenvalue weighted by Crippen LogP contribution is -2.19. The molecular weight excluding hydrogens is 260 g/mol. The smallest absolute Gasteiger partial charge is 0.122 e. The Morgan fingerprint density at radius 1 is 1.05 bits per heavy atom. The molecule has 1 aliphatic rings. The molecule has 0 amide bonds. The lowest BCUT2D eigenvalue weighted by atomic mass is 9.84. The van der Waals surface area contributed by atoms with Crippen molar-refractivity contribution in [2.24, 2.45) is 0 Å². The van der Waals surface area contributed by atoms with Crippen LogP contribution in [0.1, 0.15) is 41.2 Å². The molecule has 2 aromatic carbocycles. The van der Waals surface area contributed by atoms with Crippen molar-refractivity contribution in [1.29, 1.82) is 0 Å². The van der Waals surface area contributed by atoms with Gasteiger partial charge in [0.2, 0.25) is 0 Å². The summed E-state index contributed by atoms with van der Waals surface area (Å²) in [6.45, 7) is 4.07. The first-order valence-electron chi connectivity index (χ1n) is 7.47. The first-order valence-corrected chi connectivity index (χ1v) is 7.47. The van der Waals surface area contributed by atoms with Crippen molar-refractivity contribution < 1.29 is 9.84 Å². The van der Waals surface area contributed by atoms with E-state index in [0.29, 0.717) is 0 Å². The number of hydrogen-bond donors (Lipinski definition) is 1. The molecule has 1 unspecified atom stereocenters. The zero-order valence-corrected chi connectivity index (χ0v) is 12.9. The highest BCUT2D eigenvalue weighted by molar-refractivity contribution is 5.46. The fourth-order valence-electron chi connectivity index (χ4n) is 3.25. The fourth-order valence-corrected chi connectivity index (χ4v) is 3.25. The Kier molecular flexibility index (Phi) is 3.50. The number of hydrogen-bond acceptors (Lipinski definition) is 2. The third kappa shape index (κ3) is 2.34. The molecule has 110 valence electrons. The fraction of sp³-hybridized carbons (Fsp3) is 0.368. The maximum Gasteiger partial charge on any atom is 0.122 e. The van der Waals surface area contributed by atoms with Crippen molar-refractivity contribution in [3.63, 3.8) is 0 Å². The number of methoxy groups -OCH3 is 1. The van der Waals surface area contributed by atoms with Gasteiger partial charge >= 0.3 is 0 Å². The number of benzene rings is 2. The van der Waals surface area contributed by atoms with E-state index >= 15 is 0 Å². The van der Waals surface area contributed by atoms with Gasteiger partial charge in [0, 0.05) is 5.41 Å². The van der Waals surface area contributed by atoms with E-state index in [-0.39, 0.29) is 5.41 Å². The summed E-state index contributed by atoms with van der Waals surface area (Å²) in [6, 6.07) is 14.5. The van der Waals surface area contributed by atoms with Crippen molar-refractivity contribution in [2.45, 2.75) is 38.2 Å². The van der Waals surface area contributed by atoms with Gasteiger partial charge in [0.25, 0.3) is 0 Å². The average Bonchev–Trinajstić information content (AvgIpc) is 3.31. The van der Waals surface area contributed by atoms with Gasteiger partial charge in [-0.15, -0.1) is 0 Å². The molecule has 2 heteroatoms. The third-order valence-electron chi connectivity index (χ3n) is 4.74. The molecule has 1 fully saturated rings. The topological polar surface area (TPSA) is 29.5 Å². The molecule has 1 N–H and O–H groups in total. The van der Waals surface area contributed by atoms with E-state index in [1.165, 1.54) is 5.56 Å². The van der Waals surface area contributed by atoms with Gasteiger partial charge in [0.05, 0.1) is 13.2 Å². The minimum absolute atomic E-state index is 0.104. The first kappa shape index (κ1) is 14.2. The Labute approximate surface area is 126 Å². The molecular formula is C19H22O2. The highest BCUT2D eigenvalue weighted by Crippen LogP contribution is 2.57. The van der Waals surface area contributed by atoms with Crippen LogP contribution in [0, 0.1) is 13.8 Å². The van der Waals surface area contributed by atoms with Crippen molar-refractivity contribution in [3.05, 3.63) is 64.7 Å². The molecule has 1 aliphatic carbocycles. The molecule has 2 nitrogen and oxygen atoms in total. The van der Waals surface area contributed by atoms with Gasteiger partial charge in [-0.3, -0.25) is 0 Å². The van der Waals surface area contributed by atoms with Crippen LogP contribution in [0.3, 0.4) is 0 Å². The van der Waals surface area contributed by atoms with Gasteiger partial charge in [-0.25, -0.2) is 0 Å². The van der Waals surface area contributed by atoms with Crippen LogP contribution >= 0.6 is 0 Å². The van der Waals surface area contributed by atoms with Gasteiger partial charge < -0.3 is 9.84 Å². The van der Waals surface area contributed by atoms with Crippen LogP contribution in [0.2, 0.25) is 0 Å². The van der Waals surface area contributed by atoms with Crippen LogP contribution in [0.25, 0.3) is 0 Å². The van der Waals surface area contributed by atoms with Crippen molar-refractivity contribution >= 4 is 0 Å². The summed E-state index contributed by atoms with van der Waals surface area (Å²) >= 11 is 0. The minimum Gasteiger partial charge on any atom is -0.496 e. The summed E-state index contributed by atoms with van der Waals surface area (Å²) in [5.74, 6) is 0.882. The highest BCUT2D eigenvalue weighted by Gasteiger charge is 2.51. The summed E-state index contributed by atoms with van der Waals surface area (Å²) in [5, 5.41) is 11.0. The summed E-state index contributed by atoms with van der Waals surface area (Å²) in [6.07, 6.45) is 1.63. The Morgan fingerprint density at radius 3 is 2.29 bits per heavy atom. The maximum atomic E-state index is 11.0. The summed E-state index contributed by atoms with van der Waals surface area (Å²) in [5.41, 5.74) is 4.32. The van der Waals surface area contributed by atoms with Gasteiger partial charge in [-0.2, -0.15) is 0 Å². The van der Waals surface area contributed by atoms with E-state index in [1.807, 2.05) is 38.1 Å². The molecule has 21 heavy (non-hydrogen) atoms. The van der Waals surface area contributed by atoms with Crippen LogP contribution in [0.5, 0.6) is 5.75 Å². The lowest BCUT2D eigenvalue weighted by Gasteiger charge is -2.25. The molecule has 0 spiro atoms. The quantitative estimate of drug-likeness (QED) is 0.915. The van der Waals surface area contributed by atoms with Gasteiger partial charge in [0.15, 0.2) is 0 Å². The molecule has 0 radical (unpaired) electrons. The van der Waals surface area contributed by atoms with Crippen molar-refractivity contribution in [3.8, 4) is 5.75 Å². The number of aliphatic hydroxyl groups is 1. The molecule has 0 aromatic heterocycles. The zero-order valence-electron chi connectivity index (χ0n) is 12.9. The van der Waals surface area contributed by atoms with E-state index in [2.05, 4.69) is 18.2 Å². The van der Waals surface area contributed by atoms with Crippen LogP contribution in [-0.4, -0.2) is 12.2 Å². The minimum atomic E-state index is -0.454. The van der Waals surface area contributed by atoms with Crippen LogP contribution in [0.4, 0.5) is 0 Å². The Bertz CT molecular complexity index is 642. The molecule has 2 aromatic rings. The standard InChI is InChI=1S/C19H22O2/c1-13-12-17(21-3)14(2)11-16(13)18(20)19(9-10-19)15-7-5-4-6-8-15/h4-8,11-12,18,20H,9-10H2,1-3H3. The van der Waals surface area contributed by atoms with Crippen LogP contribution in [-0.2, 0) is 5.41 Å². The van der Waals surface area contributed by atoms with Crippen LogP contribution < -0.4 is 4.74 Å². The van der Waals surface area contributed by atoms with E-state index in [4.69, 9.17) is 4.74 Å². The largest absolute Gasteiger partial charge is 0.496 e. The molecule has 3 rings (SSSR count). The average molecular weight is 282 g/mol. The predicted octanol–water partition coefficient (Wildman–Crippen LogP) is 4.08. The summed E-state index contributed by atoms with van der Waals surface area (Å²) < 4.78 is 5.36. The van der Waals surface area contributed by atoms with E-state index < -0.39 is 6.10 Å². The lowest BCUT2D eigenvalue weighted by molar-refractivity contribution is 0.132. The normalized spacial score (nSPS) is 17.3. The predicted molar refractivity (Wildman–Crippen MR) is 84.8 cm³/mol. The molecule has 0 heterocycles. The molecule has 0 saturated heterocycles. The number of ether oxygens (including phenoxy) is 1. The van der Waals surface area contributed by atoms with Gasteiger partial charge in [0.1, 0.15) is 5.75 Å². The second kappa shape index (κ2) is 5.19. The van der Waals surface area contributed by atoms with Gasteiger partial charge in [-0.1, -0.05) is 30.3 Å².